The van der Waals surface area contributed by atoms with Crippen LogP contribution < -0.4 is 10.0 Å². The minimum absolute atomic E-state index is 0.123. The largest absolute Gasteiger partial charge is 0.324 e. The predicted octanol–water partition coefficient (Wildman–Crippen LogP) is 7.33. The lowest BCUT2D eigenvalue weighted by Gasteiger charge is -2.30. The molecule has 0 amide bonds. The zero-order valence-corrected chi connectivity index (χ0v) is 20.5. The third-order valence-electron chi connectivity index (χ3n) is 6.04. The number of rotatable bonds is 8. The summed E-state index contributed by atoms with van der Waals surface area (Å²) in [5.74, 6) is 0.912. The van der Waals surface area contributed by atoms with E-state index < -0.39 is 0 Å². The summed E-state index contributed by atoms with van der Waals surface area (Å²) in [5.41, 5.74) is 11.0. The normalized spacial score (nSPS) is 14.0. The lowest BCUT2D eigenvalue weighted by molar-refractivity contribution is 0.446. The molecule has 3 nitrogen and oxygen atoms in total. The minimum atomic E-state index is -0.123. The second kappa shape index (κ2) is 10.6. The van der Waals surface area contributed by atoms with Gasteiger partial charge < -0.3 is 10.0 Å². The Morgan fingerprint density at radius 1 is 0.875 bits per heavy atom. The molecule has 0 bridgehead atoms. The maximum absolute atomic E-state index is 6.58. The number of hydrogen-bond acceptors (Lipinski definition) is 5. The van der Waals surface area contributed by atoms with Crippen molar-refractivity contribution in [1.29, 1.82) is 0 Å². The predicted molar refractivity (Wildman–Crippen MR) is 142 cm³/mol. The highest BCUT2D eigenvalue weighted by atomic mass is 32.2. The average Bonchev–Trinajstić information content (AvgIpc) is 3.03. The van der Waals surface area contributed by atoms with Crippen molar-refractivity contribution in [3.63, 3.8) is 0 Å². The monoisotopic (exact) mass is 461 g/mol. The van der Waals surface area contributed by atoms with E-state index >= 15 is 0 Å². The third kappa shape index (κ3) is 5.58. The summed E-state index contributed by atoms with van der Waals surface area (Å²) < 4.78 is 2.39. The maximum Gasteiger partial charge on any atom is 0.0875 e. The van der Waals surface area contributed by atoms with Gasteiger partial charge in [0.15, 0.2) is 0 Å². The molecule has 0 spiro atoms. The van der Waals surface area contributed by atoms with Gasteiger partial charge in [-0.3, -0.25) is 4.99 Å². The number of para-hydroxylation sites is 2. The summed E-state index contributed by atoms with van der Waals surface area (Å²) in [4.78, 5) is 7.58. The Morgan fingerprint density at radius 2 is 1.53 bits per heavy atom. The Hall–Kier alpha value is -2.21. The van der Waals surface area contributed by atoms with Crippen molar-refractivity contribution >= 4 is 40.8 Å². The van der Waals surface area contributed by atoms with Gasteiger partial charge in [0.1, 0.15) is 0 Å². The molecule has 32 heavy (non-hydrogen) atoms. The first-order chi connectivity index (χ1) is 15.6. The lowest BCUT2D eigenvalue weighted by atomic mass is 9.97. The first-order valence-corrected chi connectivity index (χ1v) is 13.1. The molecule has 0 saturated carbocycles. The van der Waals surface area contributed by atoms with E-state index in [4.69, 9.17) is 10.7 Å². The van der Waals surface area contributed by atoms with E-state index in [1.165, 1.54) is 21.0 Å². The van der Waals surface area contributed by atoms with Crippen molar-refractivity contribution < 1.29 is 0 Å². The van der Waals surface area contributed by atoms with Crippen molar-refractivity contribution in [3.8, 4) is 0 Å². The second-order valence-corrected chi connectivity index (χ2v) is 10.3. The Labute approximate surface area is 200 Å². The van der Waals surface area contributed by atoms with E-state index in [1.807, 2.05) is 11.9 Å². The van der Waals surface area contributed by atoms with E-state index in [-0.39, 0.29) is 5.54 Å². The first kappa shape index (κ1) is 23.0. The van der Waals surface area contributed by atoms with Gasteiger partial charge in [0.05, 0.1) is 17.1 Å². The molecule has 1 aliphatic heterocycles. The van der Waals surface area contributed by atoms with Crippen LogP contribution in [-0.4, -0.2) is 23.5 Å². The molecular weight excluding hydrogens is 430 g/mol. The van der Waals surface area contributed by atoms with Gasteiger partial charge in [0, 0.05) is 34.0 Å². The van der Waals surface area contributed by atoms with E-state index in [0.717, 1.165) is 43.0 Å². The van der Waals surface area contributed by atoms with E-state index in [2.05, 4.69) is 97.0 Å². The van der Waals surface area contributed by atoms with Crippen LogP contribution in [0.5, 0.6) is 0 Å². The van der Waals surface area contributed by atoms with Crippen LogP contribution >= 0.6 is 23.7 Å². The Morgan fingerprint density at radius 3 is 2.25 bits per heavy atom. The molecule has 166 valence electrons. The lowest BCUT2D eigenvalue weighted by Crippen LogP contribution is -2.42. The van der Waals surface area contributed by atoms with Crippen LogP contribution in [0.25, 0.3) is 0 Å². The van der Waals surface area contributed by atoms with Crippen molar-refractivity contribution in [1.82, 2.24) is 0 Å². The molecule has 4 rings (SSSR count). The van der Waals surface area contributed by atoms with Crippen LogP contribution in [0.2, 0.25) is 0 Å². The van der Waals surface area contributed by atoms with Crippen LogP contribution in [-0.2, 0) is 0 Å². The molecule has 3 aromatic carbocycles. The Kier molecular flexibility index (Phi) is 7.61. The molecule has 3 aromatic rings. The standard InChI is InChI=1S/C27H31N3S2/c1-3-27(28,4-2)20-31-30-19-18-24(29-25-12-8-9-13-26(25)30)21-14-16-23(17-15-21)32-22-10-6-5-7-11-22/h5-17H,3-4,18-20,28H2,1-2H3. The number of nitrogens with zero attached hydrogens (tertiary/aromatic N) is 2. The molecule has 2 N–H and O–H groups in total. The summed E-state index contributed by atoms with van der Waals surface area (Å²) in [6.45, 7) is 5.29. The minimum Gasteiger partial charge on any atom is -0.324 e. The summed E-state index contributed by atoms with van der Waals surface area (Å²) in [6, 6.07) is 27.7. The highest BCUT2D eigenvalue weighted by molar-refractivity contribution is 8.00. The summed E-state index contributed by atoms with van der Waals surface area (Å²) in [5, 5.41) is 0. The van der Waals surface area contributed by atoms with Crippen molar-refractivity contribution in [2.75, 3.05) is 16.6 Å². The molecule has 0 aliphatic carbocycles. The van der Waals surface area contributed by atoms with Crippen molar-refractivity contribution in [2.45, 2.75) is 48.4 Å². The van der Waals surface area contributed by atoms with Crippen LogP contribution in [0.3, 0.4) is 0 Å². The molecule has 0 radical (unpaired) electrons. The van der Waals surface area contributed by atoms with E-state index in [0.29, 0.717) is 0 Å². The molecule has 0 atom stereocenters. The average molecular weight is 462 g/mol. The SMILES string of the molecule is CCC(N)(CC)CSN1CCC(c2ccc(Sc3ccccc3)cc2)=Nc2ccccc21. The van der Waals surface area contributed by atoms with Crippen LogP contribution in [0.1, 0.15) is 38.7 Å². The Balaban J connectivity index is 1.51. The zero-order valence-electron chi connectivity index (χ0n) is 18.8. The summed E-state index contributed by atoms with van der Waals surface area (Å²) >= 11 is 3.63. The second-order valence-electron chi connectivity index (χ2n) is 8.18. The molecule has 1 aliphatic rings. The highest BCUT2D eigenvalue weighted by Gasteiger charge is 2.24. The van der Waals surface area contributed by atoms with Crippen LogP contribution in [0, 0.1) is 0 Å². The van der Waals surface area contributed by atoms with Crippen molar-refractivity contribution in [2.24, 2.45) is 10.7 Å². The molecule has 1 heterocycles. The number of hydrogen-bond donors (Lipinski definition) is 1. The van der Waals surface area contributed by atoms with Crippen LogP contribution in [0.15, 0.2) is 93.6 Å². The van der Waals surface area contributed by atoms with E-state index in [1.54, 1.807) is 11.8 Å². The van der Waals surface area contributed by atoms with Gasteiger partial charge in [-0.25, -0.2) is 0 Å². The fraction of sp³-hybridized carbons (Fsp3) is 0.296. The third-order valence-corrected chi connectivity index (χ3v) is 8.45. The van der Waals surface area contributed by atoms with Crippen molar-refractivity contribution in [3.05, 3.63) is 84.4 Å². The Bertz CT molecular complexity index is 1040. The fourth-order valence-corrected chi connectivity index (χ4v) is 5.81. The number of anilines is 1. The molecule has 0 aromatic heterocycles. The topological polar surface area (TPSA) is 41.6 Å². The number of benzene rings is 3. The number of aliphatic imine (C=N–C) groups is 1. The summed E-state index contributed by atoms with van der Waals surface area (Å²) in [7, 11) is 0. The van der Waals surface area contributed by atoms with Gasteiger partial charge in [-0.2, -0.15) is 0 Å². The highest BCUT2D eigenvalue weighted by Crippen LogP contribution is 2.37. The summed E-state index contributed by atoms with van der Waals surface area (Å²) in [6.07, 6.45) is 2.88. The number of nitrogens with two attached hydrogens (primary N) is 1. The van der Waals surface area contributed by atoms with Gasteiger partial charge in [0.25, 0.3) is 0 Å². The maximum atomic E-state index is 6.58. The van der Waals surface area contributed by atoms with Gasteiger partial charge in [-0.1, -0.05) is 68.1 Å². The molecule has 0 fully saturated rings. The first-order valence-electron chi connectivity index (χ1n) is 11.3. The van der Waals surface area contributed by atoms with Gasteiger partial charge >= 0.3 is 0 Å². The molecular formula is C27H31N3S2. The van der Waals surface area contributed by atoms with E-state index in [9.17, 15) is 0 Å². The fourth-order valence-electron chi connectivity index (χ4n) is 3.64. The van der Waals surface area contributed by atoms with Crippen LogP contribution in [0.4, 0.5) is 11.4 Å². The van der Waals surface area contributed by atoms with Gasteiger partial charge in [-0.05, 0) is 66.8 Å². The number of fused-ring (bicyclic) bond motifs is 1. The smallest absolute Gasteiger partial charge is 0.0875 e. The van der Waals surface area contributed by atoms with Gasteiger partial charge in [-0.15, -0.1) is 0 Å². The van der Waals surface area contributed by atoms with Gasteiger partial charge in [0.2, 0.25) is 0 Å². The quantitative estimate of drug-likeness (QED) is 0.356. The molecule has 0 unspecified atom stereocenters. The molecule has 5 heteroatoms. The zero-order chi connectivity index (χ0) is 22.4. The molecule has 0 saturated heterocycles.